The molecule has 12 heavy (non-hydrogen) atoms. The molecule has 1 aromatic rings. The summed E-state index contributed by atoms with van der Waals surface area (Å²) in [6, 6.07) is 0.369. The zero-order chi connectivity index (χ0) is 9.14. The molecule has 66 valence electrons. The van der Waals surface area contributed by atoms with Crippen LogP contribution in [0.3, 0.4) is 0 Å². The van der Waals surface area contributed by atoms with Gasteiger partial charge in [0.25, 0.3) is 11.6 Å². The number of hydrogen-bond donors (Lipinski definition) is 0. The second-order valence-electron chi connectivity index (χ2n) is 2.56. The van der Waals surface area contributed by atoms with E-state index < -0.39 is 0 Å². The first kappa shape index (κ1) is 8.77. The minimum atomic E-state index is -0.225. The van der Waals surface area contributed by atoms with E-state index in [1.165, 1.54) is 0 Å². The highest BCUT2D eigenvalue weighted by atomic mass is 16.5. The van der Waals surface area contributed by atoms with Crippen LogP contribution in [0.2, 0.25) is 0 Å². The summed E-state index contributed by atoms with van der Waals surface area (Å²) >= 11 is 0. The maximum absolute atomic E-state index is 11.1. The van der Waals surface area contributed by atoms with Crippen molar-refractivity contribution in [3.8, 4) is 6.01 Å². The minimum Gasteiger partial charge on any atom is -0.465 e. The van der Waals surface area contributed by atoms with Gasteiger partial charge in [-0.2, -0.15) is 4.98 Å². The van der Waals surface area contributed by atoms with Crippen molar-refractivity contribution < 1.29 is 4.74 Å². The lowest BCUT2D eigenvalue weighted by atomic mass is 10.4. The quantitative estimate of drug-likeness (QED) is 0.645. The third kappa shape index (κ3) is 1.64. The summed E-state index contributed by atoms with van der Waals surface area (Å²) < 4.78 is 6.82. The Morgan fingerprint density at radius 1 is 1.67 bits per heavy atom. The van der Waals surface area contributed by atoms with Gasteiger partial charge in [-0.3, -0.25) is 4.79 Å². The van der Waals surface area contributed by atoms with Crippen LogP contribution in [0.4, 0.5) is 0 Å². The Kier molecular flexibility index (Phi) is 2.47. The fourth-order valence-electron chi connectivity index (χ4n) is 0.918. The second kappa shape index (κ2) is 3.38. The second-order valence-corrected chi connectivity index (χ2v) is 2.56. The van der Waals surface area contributed by atoms with Gasteiger partial charge in [0.2, 0.25) is 0 Å². The highest BCUT2D eigenvalue weighted by molar-refractivity contribution is 5.07. The molecule has 0 N–H and O–H groups in total. The Bertz CT molecular complexity index is 330. The smallest absolute Gasteiger partial charge is 0.299 e. The maximum atomic E-state index is 11.1. The van der Waals surface area contributed by atoms with Crippen LogP contribution < -0.4 is 10.3 Å². The molecular formula is C8H12N2O2. The van der Waals surface area contributed by atoms with Crippen LogP contribution in [0, 0.1) is 6.92 Å². The fraction of sp³-hybridized carbons (Fsp3) is 0.500. The van der Waals surface area contributed by atoms with Crippen molar-refractivity contribution >= 4 is 0 Å². The van der Waals surface area contributed by atoms with Crippen LogP contribution in [0.5, 0.6) is 6.01 Å². The number of aryl methyl sites for hydroxylation is 2. The molecule has 0 saturated carbocycles. The standard InChI is InChI=1S/C8H12N2O2/c1-4-12-8-9-7(11)6(2)5-10(8)3/h5H,4H2,1-3H3. The van der Waals surface area contributed by atoms with Crippen molar-refractivity contribution in [2.24, 2.45) is 7.05 Å². The Hall–Kier alpha value is -1.32. The van der Waals surface area contributed by atoms with E-state index in [0.29, 0.717) is 18.2 Å². The molecule has 0 fully saturated rings. The van der Waals surface area contributed by atoms with Crippen LogP contribution in [0.25, 0.3) is 0 Å². The molecule has 0 saturated heterocycles. The molecule has 1 rings (SSSR count). The normalized spacial score (nSPS) is 9.92. The van der Waals surface area contributed by atoms with Gasteiger partial charge in [-0.1, -0.05) is 0 Å². The largest absolute Gasteiger partial charge is 0.465 e. The van der Waals surface area contributed by atoms with Crippen molar-refractivity contribution in [1.82, 2.24) is 9.55 Å². The molecule has 0 amide bonds. The Morgan fingerprint density at radius 2 is 2.33 bits per heavy atom. The summed E-state index contributed by atoms with van der Waals surface area (Å²) in [6.07, 6.45) is 1.71. The molecule has 0 radical (unpaired) electrons. The van der Waals surface area contributed by atoms with Gasteiger partial charge in [-0.15, -0.1) is 0 Å². The van der Waals surface area contributed by atoms with Crippen molar-refractivity contribution in [2.75, 3.05) is 6.61 Å². The van der Waals surface area contributed by atoms with Gasteiger partial charge in [0.15, 0.2) is 0 Å². The van der Waals surface area contributed by atoms with Gasteiger partial charge in [-0.25, -0.2) is 0 Å². The van der Waals surface area contributed by atoms with Crippen molar-refractivity contribution in [1.29, 1.82) is 0 Å². The summed E-state index contributed by atoms with van der Waals surface area (Å²) in [5.74, 6) is 0. The van der Waals surface area contributed by atoms with Gasteiger partial charge >= 0.3 is 0 Å². The molecule has 1 heterocycles. The van der Waals surface area contributed by atoms with Crippen LogP contribution in [0.1, 0.15) is 12.5 Å². The molecule has 0 aliphatic heterocycles. The van der Waals surface area contributed by atoms with E-state index in [-0.39, 0.29) is 5.56 Å². The molecule has 0 spiro atoms. The van der Waals surface area contributed by atoms with Crippen LogP contribution in [0.15, 0.2) is 11.0 Å². The van der Waals surface area contributed by atoms with Gasteiger partial charge in [-0.05, 0) is 13.8 Å². The zero-order valence-corrected chi connectivity index (χ0v) is 7.50. The summed E-state index contributed by atoms with van der Waals surface area (Å²) in [4.78, 5) is 14.8. The molecular weight excluding hydrogens is 156 g/mol. The number of ether oxygens (including phenoxy) is 1. The van der Waals surface area contributed by atoms with Gasteiger partial charge < -0.3 is 9.30 Å². The Balaban J connectivity index is 3.14. The molecule has 0 aliphatic carbocycles. The topological polar surface area (TPSA) is 44.1 Å². The predicted molar refractivity (Wildman–Crippen MR) is 45.4 cm³/mol. The average molecular weight is 168 g/mol. The lowest BCUT2D eigenvalue weighted by Gasteiger charge is -2.06. The highest BCUT2D eigenvalue weighted by Gasteiger charge is 2.01. The number of hydrogen-bond acceptors (Lipinski definition) is 3. The Labute approximate surface area is 70.8 Å². The first-order valence-electron chi connectivity index (χ1n) is 3.82. The zero-order valence-electron chi connectivity index (χ0n) is 7.50. The summed E-state index contributed by atoms with van der Waals surface area (Å²) in [6.45, 7) is 4.10. The van der Waals surface area contributed by atoms with Crippen molar-refractivity contribution in [3.63, 3.8) is 0 Å². The monoisotopic (exact) mass is 168 g/mol. The average Bonchev–Trinajstić information content (AvgIpc) is 2.01. The SMILES string of the molecule is CCOc1nc(=O)c(C)cn1C. The molecule has 1 aromatic heterocycles. The van der Waals surface area contributed by atoms with E-state index >= 15 is 0 Å². The molecule has 4 heteroatoms. The predicted octanol–water partition coefficient (Wildman–Crippen LogP) is 0.487. The number of aromatic nitrogens is 2. The third-order valence-electron chi connectivity index (χ3n) is 1.50. The lowest BCUT2D eigenvalue weighted by molar-refractivity contribution is 0.296. The van der Waals surface area contributed by atoms with Gasteiger partial charge in [0, 0.05) is 18.8 Å². The van der Waals surface area contributed by atoms with Crippen LogP contribution in [-0.2, 0) is 7.05 Å². The van der Waals surface area contributed by atoms with E-state index in [2.05, 4.69) is 4.98 Å². The van der Waals surface area contributed by atoms with Crippen molar-refractivity contribution in [2.45, 2.75) is 13.8 Å². The molecule has 0 aliphatic rings. The van der Waals surface area contributed by atoms with E-state index in [0.717, 1.165) is 0 Å². The number of rotatable bonds is 2. The third-order valence-corrected chi connectivity index (χ3v) is 1.50. The summed E-state index contributed by atoms with van der Waals surface area (Å²) in [5, 5.41) is 0. The molecule has 0 unspecified atom stereocenters. The summed E-state index contributed by atoms with van der Waals surface area (Å²) in [7, 11) is 1.80. The van der Waals surface area contributed by atoms with Crippen LogP contribution in [-0.4, -0.2) is 16.2 Å². The van der Waals surface area contributed by atoms with Crippen molar-refractivity contribution in [3.05, 3.63) is 22.1 Å². The summed E-state index contributed by atoms with van der Waals surface area (Å²) in [5.41, 5.74) is 0.400. The number of nitrogens with zero attached hydrogens (tertiary/aromatic N) is 2. The molecule has 0 bridgehead atoms. The molecule has 0 aromatic carbocycles. The lowest BCUT2D eigenvalue weighted by Crippen LogP contribution is -2.16. The Morgan fingerprint density at radius 3 is 2.92 bits per heavy atom. The van der Waals surface area contributed by atoms with E-state index in [1.807, 2.05) is 6.92 Å². The maximum Gasteiger partial charge on any atom is 0.299 e. The minimum absolute atomic E-state index is 0.225. The highest BCUT2D eigenvalue weighted by Crippen LogP contribution is 2.01. The van der Waals surface area contributed by atoms with E-state index in [4.69, 9.17) is 4.74 Å². The van der Waals surface area contributed by atoms with Gasteiger partial charge in [0.1, 0.15) is 0 Å². The van der Waals surface area contributed by atoms with E-state index in [9.17, 15) is 4.79 Å². The first-order valence-corrected chi connectivity index (χ1v) is 3.82. The van der Waals surface area contributed by atoms with E-state index in [1.54, 1.807) is 24.7 Å². The molecule has 4 nitrogen and oxygen atoms in total. The van der Waals surface area contributed by atoms with Gasteiger partial charge in [0.05, 0.1) is 6.61 Å². The van der Waals surface area contributed by atoms with Crippen LogP contribution >= 0.6 is 0 Å². The molecule has 0 atom stereocenters. The first-order chi connectivity index (χ1) is 5.65. The fourth-order valence-corrected chi connectivity index (χ4v) is 0.918.